The summed E-state index contributed by atoms with van der Waals surface area (Å²) in [6.07, 6.45) is 11.0. The van der Waals surface area contributed by atoms with E-state index in [2.05, 4.69) is 181 Å². The van der Waals surface area contributed by atoms with Crippen molar-refractivity contribution in [2.75, 3.05) is 6.61 Å². The standard InChI is InChI=1S/C16H26N2.C15H24N2.C14H22N2O.C13H19N3O/c1-15(2,3)13-11-9-7-8-10-12(11)17-14(18-13)16(4,5)6;1-14(2,3)12-10-8-7-9-11(10)16-13(17-12)15(4,5)6;1-13(2,3)11-10-9(7-8-17-10)15-12(16-11)14(4,5)6;1-12(2,3)9-8-7-14-17-10(8)16-11(15-9)13(4,5)6/h7-10H2,1-6H3;7-9H2,1-6H3;7-8H2,1-6H3;7H,1-6H3. The first kappa shape index (κ1) is 55.5. The van der Waals surface area contributed by atoms with Crippen molar-refractivity contribution in [1.29, 1.82) is 0 Å². The average Bonchev–Trinajstić information content (AvgIpc) is 3.98. The van der Waals surface area contributed by atoms with Gasteiger partial charge in [0.1, 0.15) is 23.3 Å². The van der Waals surface area contributed by atoms with Crippen molar-refractivity contribution < 1.29 is 9.26 Å². The highest BCUT2D eigenvalue weighted by Crippen LogP contribution is 2.38. The molecule has 0 bridgehead atoms. The third kappa shape index (κ3) is 13.7. The lowest BCUT2D eigenvalue weighted by Crippen LogP contribution is -2.26. The van der Waals surface area contributed by atoms with Crippen molar-refractivity contribution in [3.63, 3.8) is 0 Å². The van der Waals surface area contributed by atoms with Gasteiger partial charge < -0.3 is 9.26 Å². The number of hydrogen-bond acceptors (Lipinski definition) is 11. The van der Waals surface area contributed by atoms with Crippen LogP contribution in [0.5, 0.6) is 5.75 Å². The van der Waals surface area contributed by atoms with E-state index in [0.29, 0.717) is 5.71 Å². The highest BCUT2D eigenvalue weighted by molar-refractivity contribution is 5.76. The maximum absolute atomic E-state index is 5.70. The Balaban J connectivity index is 0.000000172. The van der Waals surface area contributed by atoms with Gasteiger partial charge in [0.15, 0.2) is 5.75 Å². The maximum atomic E-state index is 5.70. The van der Waals surface area contributed by atoms with Gasteiger partial charge in [-0.15, -0.1) is 0 Å². The fraction of sp³-hybridized carbons (Fsp3) is 0.707. The lowest BCUT2D eigenvalue weighted by Gasteiger charge is -2.29. The van der Waals surface area contributed by atoms with Crippen molar-refractivity contribution in [2.45, 2.75) is 261 Å². The highest BCUT2D eigenvalue weighted by Gasteiger charge is 2.33. The predicted molar refractivity (Wildman–Crippen MR) is 283 cm³/mol. The minimum absolute atomic E-state index is 0.00262. The minimum atomic E-state index is -0.0963. The van der Waals surface area contributed by atoms with Gasteiger partial charge >= 0.3 is 0 Å². The summed E-state index contributed by atoms with van der Waals surface area (Å²) in [5.74, 6) is 4.65. The Labute approximate surface area is 417 Å². The third-order valence-corrected chi connectivity index (χ3v) is 12.4. The normalized spacial score (nSPS) is 15.4. The number of ether oxygens (including phenoxy) is 1. The van der Waals surface area contributed by atoms with Crippen molar-refractivity contribution in [3.8, 4) is 5.75 Å². The highest BCUT2D eigenvalue weighted by atomic mass is 16.5. The lowest BCUT2D eigenvalue weighted by molar-refractivity contribution is 0.342. The minimum Gasteiger partial charge on any atom is -0.489 e. The molecule has 11 heteroatoms. The molecule has 5 aromatic rings. The molecule has 0 radical (unpaired) electrons. The monoisotopic (exact) mass is 946 g/mol. The van der Waals surface area contributed by atoms with Gasteiger partial charge in [0, 0.05) is 61.1 Å². The molecule has 6 heterocycles. The molecule has 3 aliphatic rings. The molecule has 0 fully saturated rings. The van der Waals surface area contributed by atoms with Gasteiger partial charge in [-0.1, -0.05) is 171 Å². The van der Waals surface area contributed by atoms with Gasteiger partial charge in [-0.2, -0.15) is 4.98 Å². The van der Waals surface area contributed by atoms with E-state index in [4.69, 9.17) is 39.2 Å². The van der Waals surface area contributed by atoms with Crippen LogP contribution in [0.2, 0.25) is 0 Å². The zero-order valence-electron chi connectivity index (χ0n) is 47.8. The summed E-state index contributed by atoms with van der Waals surface area (Å²) in [5.41, 5.74) is 11.9. The van der Waals surface area contributed by atoms with E-state index in [0.717, 1.165) is 90.2 Å². The number of aryl methyl sites for hydroxylation is 2. The summed E-state index contributed by atoms with van der Waals surface area (Å²) >= 11 is 0. The second-order valence-electron chi connectivity index (χ2n) is 27.9. The molecule has 380 valence electrons. The van der Waals surface area contributed by atoms with Gasteiger partial charge in [-0.05, 0) is 56.1 Å². The fourth-order valence-electron chi connectivity index (χ4n) is 8.52. The SMILES string of the molecule is CC(C)(C)c1nc(C(C)(C)C)c2cnoc2n1.CC(C)(C)c1nc2c(c(C(C)(C)C)n1)CCC2.CC(C)(C)c1nc2c(c(C(C)(C)C)n1)CCCC2.CC(C)(C)c1nc2c(c(C(C)(C)C)n1)OCC2. The van der Waals surface area contributed by atoms with Crippen LogP contribution in [0, 0.1) is 0 Å². The Bertz CT molecular complexity index is 2500. The molecule has 8 rings (SSSR count). The van der Waals surface area contributed by atoms with Gasteiger partial charge in [-0.25, -0.2) is 34.9 Å². The van der Waals surface area contributed by atoms with E-state index in [-0.39, 0.29) is 43.3 Å². The van der Waals surface area contributed by atoms with E-state index in [9.17, 15) is 0 Å². The van der Waals surface area contributed by atoms with Crippen molar-refractivity contribution in [2.24, 2.45) is 0 Å². The van der Waals surface area contributed by atoms with E-state index >= 15 is 0 Å². The van der Waals surface area contributed by atoms with Crippen LogP contribution in [0.4, 0.5) is 0 Å². The smallest absolute Gasteiger partial charge is 0.261 e. The Kier molecular flexibility index (Phi) is 15.8. The molecule has 0 aromatic carbocycles. The summed E-state index contributed by atoms with van der Waals surface area (Å²) in [4.78, 5) is 38.0. The number of nitrogens with zero attached hydrogens (tertiary/aromatic N) is 9. The summed E-state index contributed by atoms with van der Waals surface area (Å²) in [5, 5.41) is 4.73. The second kappa shape index (κ2) is 19.7. The van der Waals surface area contributed by atoms with Crippen LogP contribution in [0.3, 0.4) is 0 Å². The van der Waals surface area contributed by atoms with Gasteiger partial charge in [-0.3, -0.25) is 0 Å². The fourth-order valence-corrected chi connectivity index (χ4v) is 8.52. The summed E-state index contributed by atoms with van der Waals surface area (Å²) in [6, 6.07) is 0. The zero-order chi connectivity index (χ0) is 52.1. The number of hydrogen-bond donors (Lipinski definition) is 0. The molecule has 69 heavy (non-hydrogen) atoms. The Morgan fingerprint density at radius 1 is 0.348 bits per heavy atom. The number of fused-ring (bicyclic) bond motifs is 4. The molecule has 0 amide bonds. The quantitative estimate of drug-likeness (QED) is 0.147. The second-order valence-corrected chi connectivity index (χ2v) is 27.9. The zero-order valence-corrected chi connectivity index (χ0v) is 47.8. The lowest BCUT2D eigenvalue weighted by atomic mass is 9.82. The van der Waals surface area contributed by atoms with Crippen LogP contribution in [-0.2, 0) is 75.4 Å². The van der Waals surface area contributed by atoms with E-state index in [1.807, 2.05) is 0 Å². The van der Waals surface area contributed by atoms with Crippen molar-refractivity contribution in [3.05, 3.63) is 80.5 Å². The first-order chi connectivity index (χ1) is 31.3. The summed E-state index contributed by atoms with van der Waals surface area (Å²) in [6.45, 7) is 53.1. The van der Waals surface area contributed by atoms with Gasteiger partial charge in [0.2, 0.25) is 0 Å². The molecule has 0 unspecified atom stereocenters. The summed E-state index contributed by atoms with van der Waals surface area (Å²) in [7, 11) is 0. The molecule has 5 aromatic heterocycles. The van der Waals surface area contributed by atoms with Gasteiger partial charge in [0.05, 0.1) is 46.7 Å². The van der Waals surface area contributed by atoms with E-state index in [1.165, 1.54) is 53.2 Å². The van der Waals surface area contributed by atoms with Crippen LogP contribution in [0.1, 0.15) is 260 Å². The van der Waals surface area contributed by atoms with Crippen LogP contribution >= 0.6 is 0 Å². The van der Waals surface area contributed by atoms with Crippen molar-refractivity contribution in [1.82, 2.24) is 45.0 Å². The van der Waals surface area contributed by atoms with Crippen molar-refractivity contribution >= 4 is 11.1 Å². The van der Waals surface area contributed by atoms with E-state index < -0.39 is 0 Å². The van der Waals surface area contributed by atoms with Crippen LogP contribution < -0.4 is 4.74 Å². The molecule has 1 aliphatic heterocycles. The Morgan fingerprint density at radius 3 is 1.14 bits per heavy atom. The molecule has 11 nitrogen and oxygen atoms in total. The molecule has 2 aliphatic carbocycles. The number of aromatic nitrogens is 9. The van der Waals surface area contributed by atoms with E-state index in [1.54, 1.807) is 6.20 Å². The molecule has 0 N–H and O–H groups in total. The average molecular weight is 946 g/mol. The van der Waals surface area contributed by atoms with Crippen LogP contribution in [0.25, 0.3) is 11.1 Å². The first-order valence-electron chi connectivity index (χ1n) is 25.8. The third-order valence-electron chi connectivity index (χ3n) is 12.4. The van der Waals surface area contributed by atoms with Crippen LogP contribution in [0.15, 0.2) is 10.7 Å². The Hall–Kier alpha value is -4.41. The molecular formula is C58H91N9O2. The molecule has 0 saturated carbocycles. The van der Waals surface area contributed by atoms with Gasteiger partial charge in [0.25, 0.3) is 5.71 Å². The molecule has 0 spiro atoms. The predicted octanol–water partition coefficient (Wildman–Crippen LogP) is 13.7. The topological polar surface area (TPSA) is 138 Å². The first-order valence-corrected chi connectivity index (χ1v) is 25.8. The summed E-state index contributed by atoms with van der Waals surface area (Å²) < 4.78 is 10.9. The Morgan fingerprint density at radius 2 is 0.710 bits per heavy atom. The maximum Gasteiger partial charge on any atom is 0.261 e. The van der Waals surface area contributed by atoms with Crippen LogP contribution in [-0.4, -0.2) is 51.6 Å². The molecule has 0 saturated heterocycles. The molecule has 0 atom stereocenters. The largest absolute Gasteiger partial charge is 0.489 e. The number of rotatable bonds is 0. The molecular weight excluding hydrogens is 855 g/mol.